The van der Waals surface area contributed by atoms with Crippen LogP contribution >= 0.6 is 0 Å². The summed E-state index contributed by atoms with van der Waals surface area (Å²) >= 11 is 0. The second-order valence-corrected chi connectivity index (χ2v) is 4.21. The normalized spacial score (nSPS) is 23.7. The van der Waals surface area contributed by atoms with Crippen LogP contribution in [0.1, 0.15) is 25.5 Å². The van der Waals surface area contributed by atoms with Crippen molar-refractivity contribution in [3.8, 4) is 0 Å². The Morgan fingerprint density at radius 3 is 2.76 bits per heavy atom. The number of halogens is 1. The number of amides is 1. The Hall–Kier alpha value is -1.84. The molecule has 0 radical (unpaired) electrons. The molecule has 1 amide bonds. The number of nitrogens with zero attached hydrogens (tertiary/aromatic N) is 1. The fourth-order valence-electron chi connectivity index (χ4n) is 2.10. The quantitative estimate of drug-likeness (QED) is 0.787. The number of cyclic esters (lactones) is 1. The lowest BCUT2D eigenvalue weighted by Crippen LogP contribution is -2.29. The van der Waals surface area contributed by atoms with Crippen molar-refractivity contribution in [3.63, 3.8) is 0 Å². The molecule has 4 heteroatoms. The summed E-state index contributed by atoms with van der Waals surface area (Å²) in [6.07, 6.45) is -0.880. The fourth-order valence-corrected chi connectivity index (χ4v) is 2.10. The first-order valence-corrected chi connectivity index (χ1v) is 5.41. The molecule has 90 valence electrons. The lowest BCUT2D eigenvalue weighted by Gasteiger charge is -2.20. The van der Waals surface area contributed by atoms with Crippen LogP contribution in [0, 0.1) is 5.82 Å². The summed E-state index contributed by atoms with van der Waals surface area (Å²) < 4.78 is 18.4. The average Bonchev–Trinajstić information content (AvgIpc) is 2.54. The molecule has 1 aromatic carbocycles. The summed E-state index contributed by atoms with van der Waals surface area (Å²) in [5.74, 6) is -0.334. The lowest BCUT2D eigenvalue weighted by molar-refractivity contribution is 0.131. The summed E-state index contributed by atoms with van der Waals surface area (Å²) in [5, 5.41) is 0. The van der Waals surface area contributed by atoms with Crippen LogP contribution in [0.3, 0.4) is 0 Å². The molecule has 2 atom stereocenters. The monoisotopic (exact) mass is 235 g/mol. The van der Waals surface area contributed by atoms with Crippen molar-refractivity contribution in [2.45, 2.75) is 26.0 Å². The predicted molar refractivity (Wildman–Crippen MR) is 61.7 cm³/mol. The molecule has 0 aromatic heterocycles. The molecule has 2 rings (SSSR count). The molecule has 0 aliphatic carbocycles. The fraction of sp³-hybridized carbons (Fsp3) is 0.308. The van der Waals surface area contributed by atoms with Gasteiger partial charge < -0.3 is 4.74 Å². The minimum atomic E-state index is -0.449. The molecule has 1 saturated heterocycles. The Morgan fingerprint density at radius 1 is 1.53 bits per heavy atom. The summed E-state index contributed by atoms with van der Waals surface area (Å²) in [5.41, 5.74) is 1.29. The average molecular weight is 235 g/mol. The SMILES string of the molecule is C=C(C)N1C(=O)O[C@H](c2cccc(F)c2)[C@@H]1C. The van der Waals surface area contributed by atoms with E-state index in [1.807, 2.05) is 6.92 Å². The van der Waals surface area contributed by atoms with Gasteiger partial charge in [-0.15, -0.1) is 0 Å². The van der Waals surface area contributed by atoms with E-state index in [0.717, 1.165) is 0 Å². The van der Waals surface area contributed by atoms with Crippen molar-refractivity contribution >= 4 is 6.09 Å². The molecule has 0 N–H and O–H groups in total. The number of carbonyl (C=O) groups is 1. The van der Waals surface area contributed by atoms with Gasteiger partial charge in [-0.2, -0.15) is 0 Å². The number of ether oxygens (including phenoxy) is 1. The van der Waals surface area contributed by atoms with Gasteiger partial charge in [-0.3, -0.25) is 4.90 Å². The standard InChI is InChI=1S/C13H14FNO2/c1-8(2)15-9(3)12(17-13(15)16)10-5-4-6-11(14)7-10/h4-7,9,12H,1H2,2-3H3/t9-,12-/m0/s1. The van der Waals surface area contributed by atoms with E-state index in [9.17, 15) is 9.18 Å². The number of carbonyl (C=O) groups excluding carboxylic acids is 1. The van der Waals surface area contributed by atoms with E-state index >= 15 is 0 Å². The Labute approximate surface area is 99.5 Å². The van der Waals surface area contributed by atoms with Gasteiger partial charge in [-0.1, -0.05) is 18.7 Å². The largest absolute Gasteiger partial charge is 0.439 e. The van der Waals surface area contributed by atoms with Crippen molar-refractivity contribution in [1.29, 1.82) is 0 Å². The van der Waals surface area contributed by atoms with E-state index in [-0.39, 0.29) is 11.9 Å². The summed E-state index contributed by atoms with van der Waals surface area (Å²) in [6, 6.07) is 5.92. The van der Waals surface area contributed by atoms with Crippen LogP contribution in [-0.4, -0.2) is 17.0 Å². The van der Waals surface area contributed by atoms with Crippen molar-refractivity contribution in [2.75, 3.05) is 0 Å². The van der Waals surface area contributed by atoms with Gasteiger partial charge in [0, 0.05) is 5.70 Å². The van der Waals surface area contributed by atoms with Gasteiger partial charge in [0.2, 0.25) is 0 Å². The maximum absolute atomic E-state index is 13.1. The molecule has 3 nitrogen and oxygen atoms in total. The molecule has 0 unspecified atom stereocenters. The zero-order valence-electron chi connectivity index (χ0n) is 9.81. The Bertz CT molecular complexity index is 472. The van der Waals surface area contributed by atoms with Crippen LogP contribution in [-0.2, 0) is 4.74 Å². The van der Waals surface area contributed by atoms with Gasteiger partial charge in [0.15, 0.2) is 0 Å². The topological polar surface area (TPSA) is 29.5 Å². The molecule has 17 heavy (non-hydrogen) atoms. The van der Waals surface area contributed by atoms with Crippen molar-refractivity contribution < 1.29 is 13.9 Å². The number of hydrogen-bond donors (Lipinski definition) is 0. The summed E-state index contributed by atoms with van der Waals surface area (Å²) in [7, 11) is 0. The third-order valence-corrected chi connectivity index (χ3v) is 2.86. The van der Waals surface area contributed by atoms with E-state index in [2.05, 4.69) is 6.58 Å². The van der Waals surface area contributed by atoms with Gasteiger partial charge in [-0.25, -0.2) is 9.18 Å². The first kappa shape index (κ1) is 11.6. The van der Waals surface area contributed by atoms with Crippen LogP contribution in [0.15, 0.2) is 36.5 Å². The molecule has 0 bridgehead atoms. The minimum Gasteiger partial charge on any atom is -0.439 e. The van der Waals surface area contributed by atoms with Gasteiger partial charge in [-0.05, 0) is 31.5 Å². The highest BCUT2D eigenvalue weighted by molar-refractivity contribution is 5.73. The number of benzene rings is 1. The van der Waals surface area contributed by atoms with Gasteiger partial charge in [0.25, 0.3) is 0 Å². The molecular formula is C13H14FNO2. The molecule has 1 fully saturated rings. The summed E-state index contributed by atoms with van der Waals surface area (Å²) in [6.45, 7) is 7.33. The van der Waals surface area contributed by atoms with Crippen molar-refractivity contribution in [1.82, 2.24) is 4.90 Å². The Balaban J connectivity index is 2.30. The van der Waals surface area contributed by atoms with E-state index in [0.29, 0.717) is 11.3 Å². The van der Waals surface area contributed by atoms with Crippen LogP contribution in [0.2, 0.25) is 0 Å². The van der Waals surface area contributed by atoms with Gasteiger partial charge >= 0.3 is 6.09 Å². The molecular weight excluding hydrogens is 221 g/mol. The first-order chi connectivity index (χ1) is 8.00. The maximum Gasteiger partial charge on any atom is 0.415 e. The molecule has 0 spiro atoms. The number of allylic oxidation sites excluding steroid dienone is 1. The van der Waals surface area contributed by atoms with Gasteiger partial charge in [0.1, 0.15) is 11.9 Å². The molecule has 0 saturated carbocycles. The smallest absolute Gasteiger partial charge is 0.415 e. The zero-order valence-corrected chi connectivity index (χ0v) is 9.81. The highest BCUT2D eigenvalue weighted by Crippen LogP contribution is 2.34. The van der Waals surface area contributed by atoms with Crippen LogP contribution in [0.25, 0.3) is 0 Å². The predicted octanol–water partition coefficient (Wildman–Crippen LogP) is 3.24. The number of rotatable bonds is 2. The van der Waals surface area contributed by atoms with Crippen molar-refractivity contribution in [3.05, 3.63) is 47.9 Å². The molecule has 1 aliphatic rings. The first-order valence-electron chi connectivity index (χ1n) is 5.41. The second kappa shape index (κ2) is 4.20. The molecule has 1 aromatic rings. The van der Waals surface area contributed by atoms with Crippen LogP contribution < -0.4 is 0 Å². The maximum atomic E-state index is 13.1. The molecule has 1 aliphatic heterocycles. The van der Waals surface area contributed by atoms with Crippen LogP contribution in [0.5, 0.6) is 0 Å². The zero-order chi connectivity index (χ0) is 12.6. The molecule has 1 heterocycles. The van der Waals surface area contributed by atoms with E-state index in [1.54, 1.807) is 19.1 Å². The van der Waals surface area contributed by atoms with E-state index in [4.69, 9.17) is 4.74 Å². The third-order valence-electron chi connectivity index (χ3n) is 2.86. The Morgan fingerprint density at radius 2 is 2.24 bits per heavy atom. The third kappa shape index (κ3) is 2.02. The van der Waals surface area contributed by atoms with E-state index in [1.165, 1.54) is 17.0 Å². The summed E-state index contributed by atoms with van der Waals surface area (Å²) in [4.78, 5) is 13.1. The minimum absolute atomic E-state index is 0.179. The highest BCUT2D eigenvalue weighted by atomic mass is 19.1. The van der Waals surface area contributed by atoms with Crippen LogP contribution in [0.4, 0.5) is 9.18 Å². The van der Waals surface area contributed by atoms with E-state index < -0.39 is 12.2 Å². The van der Waals surface area contributed by atoms with Gasteiger partial charge in [0.05, 0.1) is 6.04 Å². The number of hydrogen-bond acceptors (Lipinski definition) is 2. The second-order valence-electron chi connectivity index (χ2n) is 4.21. The highest BCUT2D eigenvalue weighted by Gasteiger charge is 2.40. The Kier molecular flexibility index (Phi) is 2.88. The van der Waals surface area contributed by atoms with Crippen molar-refractivity contribution in [2.24, 2.45) is 0 Å². The lowest BCUT2D eigenvalue weighted by atomic mass is 10.0.